The van der Waals surface area contributed by atoms with Crippen LogP contribution in [-0.4, -0.2) is 6.08 Å². The minimum Gasteiger partial charge on any atom is -0.211 e. The summed E-state index contributed by atoms with van der Waals surface area (Å²) in [5.74, 6) is 0. The van der Waals surface area contributed by atoms with E-state index in [0.717, 1.165) is 12.8 Å². The van der Waals surface area contributed by atoms with Gasteiger partial charge in [-0.05, 0) is 55.0 Å². The van der Waals surface area contributed by atoms with Gasteiger partial charge in [-0.1, -0.05) is 0 Å². The molecule has 2 aliphatic rings. The van der Waals surface area contributed by atoms with Crippen molar-refractivity contribution < 1.29 is 4.79 Å². The van der Waals surface area contributed by atoms with Crippen molar-refractivity contribution in [1.29, 1.82) is 0 Å². The quantitative estimate of drug-likeness (QED) is 0.555. The molecule has 3 heteroatoms. The fourth-order valence-corrected chi connectivity index (χ4v) is 3.77. The van der Waals surface area contributed by atoms with Gasteiger partial charge in [0, 0.05) is 4.88 Å². The smallest absolute Gasteiger partial charge is 0.211 e. The molecule has 0 radical (unpaired) electrons. The van der Waals surface area contributed by atoms with E-state index in [1.807, 2.05) is 11.3 Å². The van der Waals surface area contributed by atoms with Crippen LogP contribution in [0.2, 0.25) is 0 Å². The van der Waals surface area contributed by atoms with E-state index in [2.05, 4.69) is 10.4 Å². The molecule has 3 rings (SSSR count). The predicted octanol–water partition coefficient (Wildman–Crippen LogP) is 2.95. The number of fused-ring (bicyclic) bond motifs is 1. The summed E-state index contributed by atoms with van der Waals surface area (Å²) in [6.45, 7) is 0. The molecule has 78 valence electrons. The predicted molar refractivity (Wildman–Crippen MR) is 60.0 cm³/mol. The van der Waals surface area contributed by atoms with E-state index in [9.17, 15) is 4.79 Å². The van der Waals surface area contributed by atoms with Crippen LogP contribution in [0, 0.1) is 0 Å². The summed E-state index contributed by atoms with van der Waals surface area (Å²) in [6.07, 6.45) is 8.83. The summed E-state index contributed by atoms with van der Waals surface area (Å²) in [5.41, 5.74) is 2.69. The number of thiophene rings is 1. The van der Waals surface area contributed by atoms with Crippen LogP contribution in [0.4, 0.5) is 0 Å². The fraction of sp³-hybridized carbons (Fsp3) is 0.583. The highest BCUT2D eigenvalue weighted by Gasteiger charge is 2.47. The molecule has 0 bridgehead atoms. The van der Waals surface area contributed by atoms with Gasteiger partial charge < -0.3 is 0 Å². The van der Waals surface area contributed by atoms with Crippen molar-refractivity contribution >= 4 is 17.4 Å². The molecule has 0 unspecified atom stereocenters. The number of carbonyl (C=O) groups excluding carboxylic acids is 1. The van der Waals surface area contributed by atoms with E-state index in [-0.39, 0.29) is 5.54 Å². The summed E-state index contributed by atoms with van der Waals surface area (Å²) in [7, 11) is 0. The second-order valence-corrected chi connectivity index (χ2v) is 5.46. The second-order valence-electron chi connectivity index (χ2n) is 4.49. The number of nitrogens with zero attached hydrogens (tertiary/aromatic N) is 1. The Bertz CT molecular complexity index is 438. The third kappa shape index (κ3) is 1.38. The summed E-state index contributed by atoms with van der Waals surface area (Å²) in [4.78, 5) is 16.0. The zero-order valence-corrected chi connectivity index (χ0v) is 9.40. The monoisotopic (exact) mass is 219 g/mol. The Kier molecular flexibility index (Phi) is 2.04. The van der Waals surface area contributed by atoms with Gasteiger partial charge >= 0.3 is 0 Å². The Morgan fingerprint density at radius 2 is 2.13 bits per heavy atom. The van der Waals surface area contributed by atoms with Gasteiger partial charge in [0.2, 0.25) is 6.08 Å². The lowest BCUT2D eigenvalue weighted by atomic mass is 9.92. The highest BCUT2D eigenvalue weighted by molar-refractivity contribution is 7.10. The molecule has 1 aromatic heterocycles. The molecule has 1 fully saturated rings. The average molecular weight is 219 g/mol. The van der Waals surface area contributed by atoms with Crippen LogP contribution >= 0.6 is 11.3 Å². The SMILES string of the molecule is O=C=NC1(c2csc3c2CCCC3)CC1. The van der Waals surface area contributed by atoms with E-state index in [4.69, 9.17) is 0 Å². The third-order valence-electron chi connectivity index (χ3n) is 3.55. The van der Waals surface area contributed by atoms with Gasteiger partial charge in [0.05, 0.1) is 5.54 Å². The van der Waals surface area contributed by atoms with Gasteiger partial charge in [0.25, 0.3) is 0 Å². The van der Waals surface area contributed by atoms with Gasteiger partial charge in [-0.3, -0.25) is 0 Å². The molecule has 0 N–H and O–H groups in total. The van der Waals surface area contributed by atoms with E-state index in [1.165, 1.54) is 41.7 Å². The van der Waals surface area contributed by atoms with Crippen LogP contribution in [-0.2, 0) is 23.2 Å². The van der Waals surface area contributed by atoms with Crippen LogP contribution < -0.4 is 0 Å². The molecule has 1 aromatic rings. The number of hydrogen-bond donors (Lipinski definition) is 0. The maximum Gasteiger partial charge on any atom is 0.235 e. The van der Waals surface area contributed by atoms with Gasteiger partial charge in [-0.2, -0.15) is 4.99 Å². The zero-order valence-electron chi connectivity index (χ0n) is 8.58. The third-order valence-corrected chi connectivity index (χ3v) is 4.63. The Labute approximate surface area is 93.0 Å². The first-order valence-electron chi connectivity index (χ1n) is 5.54. The molecule has 15 heavy (non-hydrogen) atoms. The van der Waals surface area contributed by atoms with E-state index < -0.39 is 0 Å². The van der Waals surface area contributed by atoms with Crippen LogP contribution in [0.5, 0.6) is 0 Å². The molecule has 0 spiro atoms. The lowest BCUT2D eigenvalue weighted by Gasteiger charge is -2.15. The van der Waals surface area contributed by atoms with Crippen LogP contribution in [0.3, 0.4) is 0 Å². The zero-order chi connectivity index (χ0) is 10.3. The Morgan fingerprint density at radius 1 is 1.33 bits per heavy atom. The first kappa shape index (κ1) is 9.32. The standard InChI is InChI=1S/C12H13NOS/c14-8-13-12(5-6-12)10-7-15-11-4-2-1-3-9(10)11/h7H,1-6H2. The minimum atomic E-state index is -0.150. The first-order chi connectivity index (χ1) is 7.36. The van der Waals surface area contributed by atoms with Crippen molar-refractivity contribution in [2.75, 3.05) is 0 Å². The van der Waals surface area contributed by atoms with Crippen LogP contribution in [0.1, 0.15) is 41.7 Å². The number of rotatable bonds is 2. The summed E-state index contributed by atoms with van der Waals surface area (Å²) >= 11 is 1.85. The minimum absolute atomic E-state index is 0.150. The average Bonchev–Trinajstić information content (AvgIpc) is 2.91. The highest BCUT2D eigenvalue weighted by Crippen LogP contribution is 2.52. The molecule has 0 aromatic carbocycles. The normalized spacial score (nSPS) is 21.6. The summed E-state index contributed by atoms with van der Waals surface area (Å²) in [5, 5.41) is 2.23. The first-order valence-corrected chi connectivity index (χ1v) is 6.42. The molecule has 2 aliphatic carbocycles. The summed E-state index contributed by atoms with van der Waals surface area (Å²) < 4.78 is 0. The fourth-order valence-electron chi connectivity index (χ4n) is 2.53. The van der Waals surface area contributed by atoms with Gasteiger partial charge in [-0.15, -0.1) is 11.3 Å². The molecule has 0 saturated heterocycles. The van der Waals surface area contributed by atoms with E-state index in [0.29, 0.717) is 0 Å². The molecule has 0 aliphatic heterocycles. The lowest BCUT2D eigenvalue weighted by molar-refractivity contribution is 0.555. The van der Waals surface area contributed by atoms with Crippen LogP contribution in [0.15, 0.2) is 10.4 Å². The van der Waals surface area contributed by atoms with Gasteiger partial charge in [0.1, 0.15) is 0 Å². The molecular weight excluding hydrogens is 206 g/mol. The van der Waals surface area contributed by atoms with Gasteiger partial charge in [-0.25, -0.2) is 4.79 Å². The maximum atomic E-state index is 10.4. The largest absolute Gasteiger partial charge is 0.235 e. The van der Waals surface area contributed by atoms with Gasteiger partial charge in [0.15, 0.2) is 0 Å². The number of aliphatic imine (C=N–C) groups is 1. The lowest BCUT2D eigenvalue weighted by Crippen LogP contribution is -2.08. The molecular formula is C12H13NOS. The van der Waals surface area contributed by atoms with Crippen molar-refractivity contribution in [2.24, 2.45) is 4.99 Å². The molecule has 1 saturated carbocycles. The number of isocyanates is 1. The number of aryl methyl sites for hydroxylation is 1. The topological polar surface area (TPSA) is 29.4 Å². The van der Waals surface area contributed by atoms with E-state index in [1.54, 1.807) is 6.08 Å². The Hall–Kier alpha value is -0.920. The Balaban J connectivity index is 2.05. The highest BCUT2D eigenvalue weighted by atomic mass is 32.1. The number of hydrogen-bond acceptors (Lipinski definition) is 3. The molecule has 0 atom stereocenters. The van der Waals surface area contributed by atoms with Crippen molar-refractivity contribution in [3.63, 3.8) is 0 Å². The Morgan fingerprint density at radius 3 is 2.87 bits per heavy atom. The second kappa shape index (κ2) is 3.29. The van der Waals surface area contributed by atoms with Crippen molar-refractivity contribution in [2.45, 2.75) is 44.1 Å². The van der Waals surface area contributed by atoms with E-state index >= 15 is 0 Å². The molecule has 0 amide bonds. The molecule has 2 nitrogen and oxygen atoms in total. The van der Waals surface area contributed by atoms with Crippen molar-refractivity contribution in [3.05, 3.63) is 21.4 Å². The molecule has 1 heterocycles. The van der Waals surface area contributed by atoms with Crippen LogP contribution in [0.25, 0.3) is 0 Å². The van der Waals surface area contributed by atoms with Crippen molar-refractivity contribution in [1.82, 2.24) is 0 Å². The maximum absolute atomic E-state index is 10.4. The summed E-state index contributed by atoms with van der Waals surface area (Å²) in [6, 6.07) is 0. The van der Waals surface area contributed by atoms with Crippen molar-refractivity contribution in [3.8, 4) is 0 Å².